The van der Waals surface area contributed by atoms with Gasteiger partial charge in [0.2, 0.25) is 0 Å². The largest absolute Gasteiger partial charge is 0.300 e. The van der Waals surface area contributed by atoms with E-state index in [1.807, 2.05) is 0 Å². The van der Waals surface area contributed by atoms with Crippen LogP contribution in [-0.4, -0.2) is 48.1 Å². The standard InChI is InChI=1S/C15H26N2.ClH/c1-3-7-16-11-13-9-12(14(16)5-1)10-17-8-4-2-6-15(13)17;/h12-15H,1-11H2;1H/t12?,13?,14-,15+;. The number of rotatable bonds is 0. The van der Waals surface area contributed by atoms with Crippen LogP contribution in [0.15, 0.2) is 0 Å². The van der Waals surface area contributed by atoms with Crippen molar-refractivity contribution >= 4 is 12.4 Å². The summed E-state index contributed by atoms with van der Waals surface area (Å²) in [5.74, 6) is 2.03. The molecule has 0 N–H and O–H groups in total. The van der Waals surface area contributed by atoms with E-state index in [0.29, 0.717) is 0 Å². The van der Waals surface area contributed by atoms with E-state index >= 15 is 0 Å². The normalized spacial score (nSPS) is 44.7. The number of nitrogens with zero attached hydrogens (tertiary/aromatic N) is 2. The summed E-state index contributed by atoms with van der Waals surface area (Å²) in [6.45, 7) is 5.68. The second-order valence-electron chi connectivity index (χ2n) is 6.87. The summed E-state index contributed by atoms with van der Waals surface area (Å²) in [4.78, 5) is 5.74. The van der Waals surface area contributed by atoms with Gasteiger partial charge in [0.1, 0.15) is 0 Å². The Balaban J connectivity index is 0.000001000. The maximum Gasteiger partial charge on any atom is 0.0136 e. The van der Waals surface area contributed by atoms with E-state index < -0.39 is 0 Å². The molecule has 0 spiro atoms. The van der Waals surface area contributed by atoms with Gasteiger partial charge in [-0.05, 0) is 57.0 Å². The molecule has 104 valence electrons. The summed E-state index contributed by atoms with van der Waals surface area (Å²) in [6.07, 6.45) is 10.5. The molecule has 4 aliphatic heterocycles. The van der Waals surface area contributed by atoms with Crippen LogP contribution in [0, 0.1) is 11.8 Å². The molecular formula is C15H27ClN2. The fourth-order valence-corrected chi connectivity index (χ4v) is 5.25. The minimum atomic E-state index is 0. The van der Waals surface area contributed by atoms with E-state index in [0.717, 1.165) is 23.9 Å². The lowest BCUT2D eigenvalue weighted by Crippen LogP contribution is -2.63. The zero-order valence-electron chi connectivity index (χ0n) is 11.4. The van der Waals surface area contributed by atoms with Crippen molar-refractivity contribution in [2.24, 2.45) is 11.8 Å². The van der Waals surface area contributed by atoms with Gasteiger partial charge in [-0.2, -0.15) is 0 Å². The molecule has 4 fully saturated rings. The van der Waals surface area contributed by atoms with Crippen LogP contribution in [0.2, 0.25) is 0 Å². The lowest BCUT2D eigenvalue weighted by atomic mass is 9.71. The average molecular weight is 271 g/mol. The Hall–Kier alpha value is 0.210. The summed E-state index contributed by atoms with van der Waals surface area (Å²) in [6, 6.07) is 1.92. The highest BCUT2D eigenvalue weighted by atomic mass is 35.5. The third-order valence-corrected chi connectivity index (χ3v) is 5.96. The highest BCUT2D eigenvalue weighted by Crippen LogP contribution is 2.42. The highest BCUT2D eigenvalue weighted by Gasteiger charge is 2.46. The molecule has 4 rings (SSSR count). The second kappa shape index (κ2) is 5.30. The molecule has 0 aromatic rings. The monoisotopic (exact) mass is 270 g/mol. The molecule has 4 atom stereocenters. The fourth-order valence-electron chi connectivity index (χ4n) is 5.25. The van der Waals surface area contributed by atoms with Gasteiger partial charge in [-0.25, -0.2) is 0 Å². The summed E-state index contributed by atoms with van der Waals surface area (Å²) in [5.41, 5.74) is 0. The number of fused-ring (bicyclic) bond motifs is 6. The molecule has 4 heterocycles. The molecule has 4 saturated heterocycles. The van der Waals surface area contributed by atoms with E-state index in [1.54, 1.807) is 6.42 Å². The molecule has 2 nitrogen and oxygen atoms in total. The Labute approximate surface area is 117 Å². The van der Waals surface area contributed by atoms with Crippen LogP contribution in [0.1, 0.15) is 44.9 Å². The summed E-state index contributed by atoms with van der Waals surface area (Å²) in [7, 11) is 0. The molecule has 0 aromatic carbocycles. The quantitative estimate of drug-likeness (QED) is 0.668. The number of piperidine rings is 4. The lowest BCUT2D eigenvalue weighted by Gasteiger charge is -2.57. The van der Waals surface area contributed by atoms with Crippen molar-refractivity contribution in [3.63, 3.8) is 0 Å². The Morgan fingerprint density at radius 2 is 1.17 bits per heavy atom. The first-order valence-electron chi connectivity index (χ1n) is 7.90. The Kier molecular flexibility index (Phi) is 3.89. The molecular weight excluding hydrogens is 244 g/mol. The predicted octanol–water partition coefficient (Wildman–Crippen LogP) is 2.77. The van der Waals surface area contributed by atoms with Gasteiger partial charge in [-0.3, -0.25) is 9.80 Å². The van der Waals surface area contributed by atoms with Crippen molar-refractivity contribution < 1.29 is 0 Å². The molecule has 18 heavy (non-hydrogen) atoms. The third kappa shape index (κ3) is 2.10. The van der Waals surface area contributed by atoms with Crippen molar-refractivity contribution in [2.75, 3.05) is 26.2 Å². The summed E-state index contributed by atoms with van der Waals surface area (Å²) >= 11 is 0. The van der Waals surface area contributed by atoms with Gasteiger partial charge in [-0.15, -0.1) is 12.4 Å². The van der Waals surface area contributed by atoms with Crippen molar-refractivity contribution in [2.45, 2.75) is 57.0 Å². The number of halogens is 1. The van der Waals surface area contributed by atoms with Gasteiger partial charge in [0, 0.05) is 25.2 Å². The number of hydrogen-bond acceptors (Lipinski definition) is 2. The van der Waals surface area contributed by atoms with E-state index in [9.17, 15) is 0 Å². The van der Waals surface area contributed by atoms with Crippen LogP contribution in [0.25, 0.3) is 0 Å². The van der Waals surface area contributed by atoms with E-state index in [4.69, 9.17) is 0 Å². The van der Waals surface area contributed by atoms with Gasteiger partial charge in [0.05, 0.1) is 0 Å². The molecule has 2 bridgehead atoms. The lowest BCUT2D eigenvalue weighted by molar-refractivity contribution is -0.0718. The van der Waals surface area contributed by atoms with E-state index in [2.05, 4.69) is 9.80 Å². The first-order chi connectivity index (χ1) is 8.42. The van der Waals surface area contributed by atoms with Crippen molar-refractivity contribution in [1.29, 1.82) is 0 Å². The fraction of sp³-hybridized carbons (Fsp3) is 1.00. The van der Waals surface area contributed by atoms with Crippen LogP contribution in [0.5, 0.6) is 0 Å². The smallest absolute Gasteiger partial charge is 0.0136 e. The van der Waals surface area contributed by atoms with Gasteiger partial charge in [-0.1, -0.05) is 12.8 Å². The second-order valence-corrected chi connectivity index (χ2v) is 6.87. The van der Waals surface area contributed by atoms with Crippen molar-refractivity contribution in [3.8, 4) is 0 Å². The highest BCUT2D eigenvalue weighted by molar-refractivity contribution is 5.85. The molecule has 0 aliphatic carbocycles. The van der Waals surface area contributed by atoms with Crippen molar-refractivity contribution in [1.82, 2.24) is 9.80 Å². The Morgan fingerprint density at radius 1 is 0.667 bits per heavy atom. The van der Waals surface area contributed by atoms with E-state index in [1.165, 1.54) is 64.7 Å². The first-order valence-corrected chi connectivity index (χ1v) is 7.90. The van der Waals surface area contributed by atoms with Crippen LogP contribution >= 0.6 is 12.4 Å². The molecule has 0 saturated carbocycles. The minimum absolute atomic E-state index is 0. The minimum Gasteiger partial charge on any atom is -0.300 e. The zero-order valence-corrected chi connectivity index (χ0v) is 12.2. The van der Waals surface area contributed by atoms with Crippen molar-refractivity contribution in [3.05, 3.63) is 0 Å². The Bertz CT molecular complexity index is 268. The first kappa shape index (κ1) is 13.2. The average Bonchev–Trinajstić information content (AvgIpc) is 2.39. The van der Waals surface area contributed by atoms with Gasteiger partial charge < -0.3 is 0 Å². The molecule has 3 heteroatoms. The van der Waals surface area contributed by atoms with Crippen LogP contribution in [0.4, 0.5) is 0 Å². The van der Waals surface area contributed by atoms with Crippen LogP contribution < -0.4 is 0 Å². The van der Waals surface area contributed by atoms with Gasteiger partial charge >= 0.3 is 0 Å². The third-order valence-electron chi connectivity index (χ3n) is 5.96. The molecule has 0 aromatic heterocycles. The predicted molar refractivity (Wildman–Crippen MR) is 77.3 cm³/mol. The van der Waals surface area contributed by atoms with Crippen LogP contribution in [-0.2, 0) is 0 Å². The maximum absolute atomic E-state index is 2.87. The SMILES string of the molecule is C1CCN2CC3CC(CN4CCCC[C@@H]34)[C@H]2C1.Cl. The topological polar surface area (TPSA) is 6.48 Å². The molecule has 4 aliphatic rings. The maximum atomic E-state index is 2.87. The summed E-state index contributed by atoms with van der Waals surface area (Å²) < 4.78 is 0. The van der Waals surface area contributed by atoms with Gasteiger partial charge in [0.25, 0.3) is 0 Å². The zero-order chi connectivity index (χ0) is 11.2. The van der Waals surface area contributed by atoms with Crippen LogP contribution in [0.3, 0.4) is 0 Å². The Morgan fingerprint density at radius 3 is 1.67 bits per heavy atom. The number of hydrogen-bond donors (Lipinski definition) is 0. The molecule has 0 amide bonds. The van der Waals surface area contributed by atoms with Gasteiger partial charge in [0.15, 0.2) is 0 Å². The molecule has 0 radical (unpaired) electrons. The van der Waals surface area contributed by atoms with E-state index in [-0.39, 0.29) is 12.4 Å². The molecule has 2 unspecified atom stereocenters. The summed E-state index contributed by atoms with van der Waals surface area (Å²) in [5, 5.41) is 0.